The molecule has 0 aliphatic rings. The Morgan fingerprint density at radius 2 is 1.76 bits per heavy atom. The van der Waals surface area contributed by atoms with Crippen molar-refractivity contribution in [3.63, 3.8) is 0 Å². The van der Waals surface area contributed by atoms with Crippen LogP contribution in [-0.2, 0) is 0 Å². The summed E-state index contributed by atoms with van der Waals surface area (Å²) >= 11 is 1.96. The lowest BCUT2D eigenvalue weighted by atomic mass is 9.88. The molecule has 17 heavy (non-hydrogen) atoms. The normalized spacial score (nSPS) is 13.3. The molecule has 1 rings (SSSR count). The Bertz CT molecular complexity index is 324. The number of aryl methyl sites for hydroxylation is 2. The monoisotopic (exact) mass is 253 g/mol. The molecule has 1 atom stereocenters. The number of thiophene rings is 1. The topological polar surface area (TPSA) is 12.0 Å². The van der Waals surface area contributed by atoms with E-state index >= 15 is 0 Å². The molecule has 1 nitrogen and oxygen atoms in total. The Morgan fingerprint density at radius 3 is 2.12 bits per heavy atom. The van der Waals surface area contributed by atoms with E-state index in [1.807, 2.05) is 11.3 Å². The lowest BCUT2D eigenvalue weighted by molar-refractivity contribution is 0.334. The van der Waals surface area contributed by atoms with Crippen LogP contribution in [0, 0.1) is 19.8 Å². The molecule has 0 amide bonds. The van der Waals surface area contributed by atoms with Gasteiger partial charge in [0, 0.05) is 15.8 Å². The summed E-state index contributed by atoms with van der Waals surface area (Å²) in [6.45, 7) is 9.05. The van der Waals surface area contributed by atoms with Gasteiger partial charge < -0.3 is 5.32 Å². The fourth-order valence-electron chi connectivity index (χ4n) is 2.77. The summed E-state index contributed by atoms with van der Waals surface area (Å²) in [5, 5.41) is 3.55. The smallest absolute Gasteiger partial charge is 0.0443 e. The first kappa shape index (κ1) is 14.7. The van der Waals surface area contributed by atoms with Crippen LogP contribution in [-0.4, -0.2) is 7.05 Å². The van der Waals surface area contributed by atoms with Gasteiger partial charge >= 0.3 is 0 Å². The van der Waals surface area contributed by atoms with Gasteiger partial charge in [0.25, 0.3) is 0 Å². The molecular formula is C15H27NS. The third-order valence-corrected chi connectivity index (χ3v) is 4.70. The van der Waals surface area contributed by atoms with Crippen LogP contribution in [0.25, 0.3) is 0 Å². The molecule has 0 fully saturated rings. The van der Waals surface area contributed by atoms with Gasteiger partial charge in [-0.25, -0.2) is 0 Å². The van der Waals surface area contributed by atoms with E-state index in [4.69, 9.17) is 0 Å². The van der Waals surface area contributed by atoms with E-state index in [0.717, 1.165) is 5.92 Å². The Hall–Kier alpha value is -0.340. The third-order valence-electron chi connectivity index (χ3n) is 3.46. The van der Waals surface area contributed by atoms with Crippen molar-refractivity contribution in [2.45, 2.75) is 59.4 Å². The predicted octanol–water partition coefficient (Wildman–Crippen LogP) is 4.84. The first-order valence-corrected chi connectivity index (χ1v) is 7.69. The molecule has 98 valence electrons. The molecule has 0 radical (unpaired) electrons. The van der Waals surface area contributed by atoms with Crippen LogP contribution in [0.3, 0.4) is 0 Å². The van der Waals surface area contributed by atoms with E-state index in [2.05, 4.69) is 46.1 Å². The molecule has 0 aliphatic carbocycles. The molecule has 0 aliphatic heterocycles. The summed E-state index contributed by atoms with van der Waals surface area (Å²) in [6.07, 6.45) is 5.23. The van der Waals surface area contributed by atoms with Crippen molar-refractivity contribution in [3.8, 4) is 0 Å². The standard InChI is InChI=1S/C15H27NS/c1-6-8-13(9-7-2)14(16-5)15-11(3)10-12(4)17-15/h10,13-14,16H,6-9H2,1-5H3. The van der Waals surface area contributed by atoms with E-state index in [9.17, 15) is 0 Å². The summed E-state index contributed by atoms with van der Waals surface area (Å²) in [4.78, 5) is 2.99. The highest BCUT2D eigenvalue weighted by atomic mass is 32.1. The maximum absolute atomic E-state index is 3.55. The molecule has 0 bridgehead atoms. The van der Waals surface area contributed by atoms with Gasteiger partial charge in [-0.05, 0) is 51.3 Å². The van der Waals surface area contributed by atoms with Crippen molar-refractivity contribution in [1.82, 2.24) is 5.32 Å². The van der Waals surface area contributed by atoms with E-state index in [1.54, 1.807) is 4.88 Å². The fraction of sp³-hybridized carbons (Fsp3) is 0.733. The van der Waals surface area contributed by atoms with Crippen molar-refractivity contribution in [3.05, 3.63) is 21.4 Å². The highest BCUT2D eigenvalue weighted by Gasteiger charge is 2.23. The number of rotatable bonds is 7. The second kappa shape index (κ2) is 7.17. The molecule has 0 spiro atoms. The lowest BCUT2D eigenvalue weighted by Gasteiger charge is -2.26. The average molecular weight is 253 g/mol. The number of nitrogens with one attached hydrogen (secondary N) is 1. The minimum Gasteiger partial charge on any atom is -0.312 e. The van der Waals surface area contributed by atoms with Crippen molar-refractivity contribution < 1.29 is 0 Å². The van der Waals surface area contributed by atoms with Gasteiger partial charge in [-0.15, -0.1) is 11.3 Å². The van der Waals surface area contributed by atoms with Crippen LogP contribution in [0.5, 0.6) is 0 Å². The first-order chi connectivity index (χ1) is 8.13. The van der Waals surface area contributed by atoms with Crippen LogP contribution in [0.15, 0.2) is 6.07 Å². The van der Waals surface area contributed by atoms with Gasteiger partial charge in [-0.1, -0.05) is 26.7 Å². The maximum Gasteiger partial charge on any atom is 0.0443 e. The summed E-state index contributed by atoms with van der Waals surface area (Å²) in [5.41, 5.74) is 1.46. The van der Waals surface area contributed by atoms with Gasteiger partial charge in [0.05, 0.1) is 0 Å². The number of hydrogen-bond donors (Lipinski definition) is 1. The molecule has 0 saturated heterocycles. The highest BCUT2D eigenvalue weighted by Crippen LogP contribution is 2.35. The van der Waals surface area contributed by atoms with Crippen LogP contribution in [0.1, 0.15) is 60.9 Å². The Morgan fingerprint density at radius 1 is 1.18 bits per heavy atom. The quantitative estimate of drug-likeness (QED) is 0.733. The zero-order chi connectivity index (χ0) is 12.8. The van der Waals surface area contributed by atoms with Crippen LogP contribution in [0.2, 0.25) is 0 Å². The summed E-state index contributed by atoms with van der Waals surface area (Å²) in [6, 6.07) is 2.87. The summed E-state index contributed by atoms with van der Waals surface area (Å²) < 4.78 is 0. The van der Waals surface area contributed by atoms with Crippen LogP contribution in [0.4, 0.5) is 0 Å². The summed E-state index contributed by atoms with van der Waals surface area (Å²) in [5.74, 6) is 0.784. The van der Waals surface area contributed by atoms with Crippen molar-refractivity contribution >= 4 is 11.3 Å². The molecule has 1 heterocycles. The Kier molecular flexibility index (Phi) is 6.21. The van der Waals surface area contributed by atoms with Gasteiger partial charge in [0.2, 0.25) is 0 Å². The van der Waals surface area contributed by atoms with E-state index < -0.39 is 0 Å². The molecule has 0 aromatic carbocycles. The number of hydrogen-bond acceptors (Lipinski definition) is 2. The third kappa shape index (κ3) is 3.82. The SMILES string of the molecule is CCCC(CCC)C(NC)c1sc(C)cc1C. The second-order valence-corrected chi connectivity index (χ2v) is 6.30. The van der Waals surface area contributed by atoms with E-state index in [-0.39, 0.29) is 0 Å². The van der Waals surface area contributed by atoms with Crippen molar-refractivity contribution in [1.29, 1.82) is 0 Å². The minimum atomic E-state index is 0.550. The highest BCUT2D eigenvalue weighted by molar-refractivity contribution is 7.12. The maximum atomic E-state index is 3.55. The first-order valence-electron chi connectivity index (χ1n) is 6.88. The average Bonchev–Trinajstić information content (AvgIpc) is 2.60. The van der Waals surface area contributed by atoms with Crippen molar-refractivity contribution in [2.24, 2.45) is 5.92 Å². The van der Waals surface area contributed by atoms with Crippen molar-refractivity contribution in [2.75, 3.05) is 7.05 Å². The van der Waals surface area contributed by atoms with Gasteiger partial charge in [0.15, 0.2) is 0 Å². The molecule has 1 N–H and O–H groups in total. The van der Waals surface area contributed by atoms with Gasteiger partial charge in [-0.3, -0.25) is 0 Å². The Labute approximate surface area is 111 Å². The molecule has 1 unspecified atom stereocenters. The molecule has 1 aromatic rings. The molecule has 1 aromatic heterocycles. The molecule has 2 heteroatoms. The van der Waals surface area contributed by atoms with E-state index in [1.165, 1.54) is 36.1 Å². The summed E-state index contributed by atoms with van der Waals surface area (Å²) in [7, 11) is 2.11. The van der Waals surface area contributed by atoms with Crippen LogP contribution >= 0.6 is 11.3 Å². The molecular weight excluding hydrogens is 226 g/mol. The zero-order valence-electron chi connectivity index (χ0n) is 12.0. The zero-order valence-corrected chi connectivity index (χ0v) is 12.8. The Balaban J connectivity index is 2.90. The van der Waals surface area contributed by atoms with Gasteiger partial charge in [0.1, 0.15) is 0 Å². The fourth-order valence-corrected chi connectivity index (χ4v) is 4.01. The van der Waals surface area contributed by atoms with E-state index in [0.29, 0.717) is 6.04 Å². The second-order valence-electron chi connectivity index (χ2n) is 5.01. The minimum absolute atomic E-state index is 0.550. The van der Waals surface area contributed by atoms with Gasteiger partial charge in [-0.2, -0.15) is 0 Å². The predicted molar refractivity (Wildman–Crippen MR) is 78.9 cm³/mol. The van der Waals surface area contributed by atoms with Crippen LogP contribution < -0.4 is 5.32 Å². The molecule has 0 saturated carbocycles. The largest absolute Gasteiger partial charge is 0.312 e. The lowest BCUT2D eigenvalue weighted by Crippen LogP contribution is -2.25.